The van der Waals surface area contributed by atoms with Crippen LogP contribution in [0.15, 0.2) is 35.8 Å². The number of hydrogen-bond donors (Lipinski definition) is 1. The third-order valence-electron chi connectivity index (χ3n) is 2.16. The molecular formula is C10H7N3OS. The average molecular weight is 217 g/mol. The first kappa shape index (κ1) is 8.43. The van der Waals surface area contributed by atoms with Gasteiger partial charge in [0, 0.05) is 6.20 Å². The quantitative estimate of drug-likeness (QED) is 0.679. The predicted octanol–water partition coefficient (Wildman–Crippen LogP) is 2.16. The van der Waals surface area contributed by atoms with E-state index in [1.54, 1.807) is 27.9 Å². The van der Waals surface area contributed by atoms with Crippen molar-refractivity contribution in [3.63, 3.8) is 0 Å². The summed E-state index contributed by atoms with van der Waals surface area (Å²) in [5.41, 5.74) is 0.487. The lowest BCUT2D eigenvalue weighted by molar-refractivity contribution is 0.477. The van der Waals surface area contributed by atoms with Crippen LogP contribution in [-0.4, -0.2) is 19.7 Å². The van der Waals surface area contributed by atoms with Crippen LogP contribution >= 0.6 is 11.3 Å². The summed E-state index contributed by atoms with van der Waals surface area (Å²) in [6.45, 7) is 0. The molecule has 0 aromatic carbocycles. The van der Waals surface area contributed by atoms with E-state index in [9.17, 15) is 5.11 Å². The molecule has 0 saturated carbocycles. The Balaban J connectivity index is 2.34. The summed E-state index contributed by atoms with van der Waals surface area (Å²) in [4.78, 5) is 1.04. The molecule has 3 aromatic rings. The zero-order valence-electron chi connectivity index (χ0n) is 7.66. The molecule has 74 valence electrons. The second-order valence-electron chi connectivity index (χ2n) is 3.09. The van der Waals surface area contributed by atoms with Crippen LogP contribution < -0.4 is 0 Å². The number of nitrogens with zero attached hydrogens (tertiary/aromatic N) is 3. The van der Waals surface area contributed by atoms with Gasteiger partial charge in [-0.25, -0.2) is 0 Å². The lowest BCUT2D eigenvalue weighted by Gasteiger charge is -1.97. The first-order valence-corrected chi connectivity index (χ1v) is 5.31. The summed E-state index contributed by atoms with van der Waals surface area (Å²) < 4.78 is 1.78. The Morgan fingerprint density at radius 1 is 1.20 bits per heavy atom. The number of pyridine rings is 1. The fourth-order valence-electron chi connectivity index (χ4n) is 1.48. The van der Waals surface area contributed by atoms with Crippen molar-refractivity contribution in [2.75, 3.05) is 0 Å². The zero-order chi connectivity index (χ0) is 10.3. The molecule has 0 atom stereocenters. The van der Waals surface area contributed by atoms with Crippen LogP contribution in [0.25, 0.3) is 16.3 Å². The molecule has 1 N–H and O–H groups in total. The van der Waals surface area contributed by atoms with Crippen LogP contribution in [-0.2, 0) is 0 Å². The van der Waals surface area contributed by atoms with Crippen LogP contribution in [0.2, 0.25) is 0 Å². The van der Waals surface area contributed by atoms with E-state index in [0.29, 0.717) is 5.65 Å². The molecule has 3 rings (SSSR count). The molecular weight excluding hydrogens is 210 g/mol. The molecule has 15 heavy (non-hydrogen) atoms. The molecule has 0 radical (unpaired) electrons. The van der Waals surface area contributed by atoms with Crippen LogP contribution in [0.5, 0.6) is 5.75 Å². The Hall–Kier alpha value is -1.88. The molecule has 0 unspecified atom stereocenters. The van der Waals surface area contributed by atoms with Gasteiger partial charge in [-0.15, -0.1) is 21.5 Å². The van der Waals surface area contributed by atoms with Crippen molar-refractivity contribution in [2.45, 2.75) is 0 Å². The fraction of sp³-hybridized carbons (Fsp3) is 0. The molecule has 0 aliphatic rings. The van der Waals surface area contributed by atoms with Crippen molar-refractivity contribution in [3.8, 4) is 16.5 Å². The normalized spacial score (nSPS) is 10.9. The number of hydrogen-bond acceptors (Lipinski definition) is 4. The zero-order valence-corrected chi connectivity index (χ0v) is 8.48. The van der Waals surface area contributed by atoms with Crippen LogP contribution in [0.4, 0.5) is 0 Å². The highest BCUT2D eigenvalue weighted by molar-refractivity contribution is 7.13. The topological polar surface area (TPSA) is 50.4 Å². The highest BCUT2D eigenvalue weighted by Crippen LogP contribution is 2.25. The standard InChI is InChI=1S/C10H7N3OS/c14-7-3-1-5-13-9(7)11-12-10(13)8-4-2-6-15-8/h1-6,14H. The highest BCUT2D eigenvalue weighted by atomic mass is 32.1. The molecule has 4 nitrogen and oxygen atoms in total. The Morgan fingerprint density at radius 3 is 2.93 bits per heavy atom. The highest BCUT2D eigenvalue weighted by Gasteiger charge is 2.10. The molecule has 0 bridgehead atoms. The minimum atomic E-state index is 0.146. The molecule has 0 fully saturated rings. The number of fused-ring (bicyclic) bond motifs is 1. The molecule has 0 aliphatic carbocycles. The number of rotatable bonds is 1. The minimum Gasteiger partial charge on any atom is -0.504 e. The van der Waals surface area contributed by atoms with Gasteiger partial charge >= 0.3 is 0 Å². The first-order valence-electron chi connectivity index (χ1n) is 4.43. The smallest absolute Gasteiger partial charge is 0.203 e. The maximum atomic E-state index is 9.56. The largest absolute Gasteiger partial charge is 0.504 e. The maximum absolute atomic E-state index is 9.56. The van der Waals surface area contributed by atoms with Crippen molar-refractivity contribution >= 4 is 17.0 Å². The Morgan fingerprint density at radius 2 is 2.13 bits per heavy atom. The van der Waals surface area contributed by atoms with Gasteiger partial charge in [-0.1, -0.05) is 6.07 Å². The summed E-state index contributed by atoms with van der Waals surface area (Å²) in [5.74, 6) is 0.906. The summed E-state index contributed by atoms with van der Waals surface area (Å²) in [6.07, 6.45) is 1.84. The van der Waals surface area contributed by atoms with E-state index in [1.165, 1.54) is 0 Å². The van der Waals surface area contributed by atoms with E-state index in [4.69, 9.17) is 0 Å². The molecule has 0 saturated heterocycles. The van der Waals surface area contributed by atoms with Crippen molar-refractivity contribution in [2.24, 2.45) is 0 Å². The van der Waals surface area contributed by atoms with Gasteiger partial charge in [0.25, 0.3) is 0 Å². The molecule has 0 spiro atoms. The Bertz CT molecular complexity index is 600. The van der Waals surface area contributed by atoms with Gasteiger partial charge in [0.1, 0.15) is 0 Å². The molecule has 3 heterocycles. The predicted molar refractivity (Wildman–Crippen MR) is 58.0 cm³/mol. The third-order valence-corrected chi connectivity index (χ3v) is 3.02. The average Bonchev–Trinajstić information content (AvgIpc) is 2.85. The van der Waals surface area contributed by atoms with Crippen LogP contribution in [0, 0.1) is 0 Å². The van der Waals surface area contributed by atoms with E-state index in [0.717, 1.165) is 10.7 Å². The summed E-state index contributed by atoms with van der Waals surface area (Å²) in [7, 11) is 0. The summed E-state index contributed by atoms with van der Waals surface area (Å²) >= 11 is 1.60. The number of thiophene rings is 1. The van der Waals surface area contributed by atoms with Crippen molar-refractivity contribution in [1.29, 1.82) is 0 Å². The van der Waals surface area contributed by atoms with Crippen LogP contribution in [0.3, 0.4) is 0 Å². The third kappa shape index (κ3) is 1.20. The second kappa shape index (κ2) is 3.06. The van der Waals surface area contributed by atoms with Gasteiger partial charge in [0.2, 0.25) is 5.65 Å². The summed E-state index contributed by atoms with van der Waals surface area (Å²) in [6, 6.07) is 7.31. The van der Waals surface area contributed by atoms with Crippen LogP contribution in [0.1, 0.15) is 0 Å². The van der Waals surface area contributed by atoms with Gasteiger partial charge in [0.05, 0.1) is 4.88 Å². The van der Waals surface area contributed by atoms with Gasteiger partial charge in [-0.05, 0) is 23.6 Å². The van der Waals surface area contributed by atoms with E-state index >= 15 is 0 Å². The molecule has 0 amide bonds. The van der Waals surface area contributed by atoms with Gasteiger partial charge in [-0.3, -0.25) is 4.40 Å². The fourth-order valence-corrected chi connectivity index (χ4v) is 2.18. The number of aromatic nitrogens is 3. The van der Waals surface area contributed by atoms with Gasteiger partial charge in [-0.2, -0.15) is 0 Å². The van der Waals surface area contributed by atoms with E-state index in [2.05, 4.69) is 10.2 Å². The molecule has 5 heteroatoms. The van der Waals surface area contributed by atoms with Gasteiger partial charge in [0.15, 0.2) is 11.6 Å². The first-order chi connectivity index (χ1) is 7.36. The van der Waals surface area contributed by atoms with E-state index < -0.39 is 0 Å². The Kier molecular flexibility index (Phi) is 1.72. The van der Waals surface area contributed by atoms with Gasteiger partial charge < -0.3 is 5.11 Å². The van der Waals surface area contributed by atoms with E-state index in [1.807, 2.05) is 23.7 Å². The lowest BCUT2D eigenvalue weighted by atomic mass is 10.4. The Labute approximate surface area is 89.4 Å². The monoisotopic (exact) mass is 217 g/mol. The maximum Gasteiger partial charge on any atom is 0.203 e. The number of aromatic hydroxyl groups is 1. The molecule has 0 aliphatic heterocycles. The van der Waals surface area contributed by atoms with Crippen molar-refractivity contribution in [1.82, 2.24) is 14.6 Å². The minimum absolute atomic E-state index is 0.146. The van der Waals surface area contributed by atoms with E-state index in [-0.39, 0.29) is 5.75 Å². The second-order valence-corrected chi connectivity index (χ2v) is 4.04. The van der Waals surface area contributed by atoms with Crippen molar-refractivity contribution < 1.29 is 5.11 Å². The lowest BCUT2D eigenvalue weighted by Crippen LogP contribution is -1.86. The molecule has 3 aromatic heterocycles. The SMILES string of the molecule is Oc1cccn2c(-c3cccs3)nnc12. The van der Waals surface area contributed by atoms with Crippen molar-refractivity contribution in [3.05, 3.63) is 35.8 Å². The summed E-state index contributed by atoms with van der Waals surface area (Å²) in [5, 5.41) is 19.6.